The molecule has 0 saturated heterocycles. The molecule has 1 aliphatic carbocycles. The molecule has 0 aliphatic heterocycles. The minimum Gasteiger partial charge on any atom is -0.330 e. The van der Waals surface area contributed by atoms with Crippen molar-refractivity contribution < 1.29 is 0 Å². The summed E-state index contributed by atoms with van der Waals surface area (Å²) in [4.78, 5) is 0. The van der Waals surface area contributed by atoms with E-state index in [4.69, 9.17) is 5.73 Å². The molecule has 0 aromatic heterocycles. The zero-order chi connectivity index (χ0) is 10.7. The van der Waals surface area contributed by atoms with E-state index in [9.17, 15) is 0 Å². The highest BCUT2D eigenvalue weighted by Gasteiger charge is 2.33. The van der Waals surface area contributed by atoms with E-state index in [0.717, 1.165) is 6.54 Å². The van der Waals surface area contributed by atoms with Gasteiger partial charge < -0.3 is 5.73 Å². The molecule has 82 valence electrons. The molecule has 15 heavy (non-hydrogen) atoms. The maximum absolute atomic E-state index is 6.04. The Morgan fingerprint density at radius 2 is 2.13 bits per heavy atom. The summed E-state index contributed by atoms with van der Waals surface area (Å²) >= 11 is 0. The van der Waals surface area contributed by atoms with E-state index in [1.54, 1.807) is 0 Å². The maximum Gasteiger partial charge on any atom is 0.00783 e. The van der Waals surface area contributed by atoms with Gasteiger partial charge in [0, 0.05) is 12.0 Å². The molecule has 1 atom stereocenters. The number of hydrogen-bond donors (Lipinski definition) is 1. The molecule has 0 spiro atoms. The number of rotatable bonds is 3. The topological polar surface area (TPSA) is 26.0 Å². The van der Waals surface area contributed by atoms with Crippen molar-refractivity contribution in [2.24, 2.45) is 5.73 Å². The predicted octanol–water partition coefficient (Wildman–Crippen LogP) is 3.02. The second kappa shape index (κ2) is 4.36. The second-order valence-electron chi connectivity index (χ2n) is 4.75. The first-order valence-electron chi connectivity index (χ1n) is 6.11. The SMILES string of the molecule is CCCC1(CN)CCCc2ccccc21. The highest BCUT2D eigenvalue weighted by atomic mass is 14.6. The largest absolute Gasteiger partial charge is 0.330 e. The van der Waals surface area contributed by atoms with Gasteiger partial charge >= 0.3 is 0 Å². The van der Waals surface area contributed by atoms with E-state index in [-0.39, 0.29) is 5.41 Å². The zero-order valence-electron chi connectivity index (χ0n) is 9.63. The van der Waals surface area contributed by atoms with Gasteiger partial charge in [-0.2, -0.15) is 0 Å². The lowest BCUT2D eigenvalue weighted by Crippen LogP contribution is -2.38. The van der Waals surface area contributed by atoms with Crippen LogP contribution in [0, 0.1) is 0 Å². The lowest BCUT2D eigenvalue weighted by atomic mass is 9.67. The molecule has 1 aromatic rings. The van der Waals surface area contributed by atoms with Crippen LogP contribution in [0.3, 0.4) is 0 Å². The van der Waals surface area contributed by atoms with Gasteiger partial charge in [0.15, 0.2) is 0 Å². The lowest BCUT2D eigenvalue weighted by molar-refractivity contribution is 0.340. The van der Waals surface area contributed by atoms with Crippen molar-refractivity contribution >= 4 is 0 Å². The Labute approximate surface area is 92.7 Å². The second-order valence-corrected chi connectivity index (χ2v) is 4.75. The number of hydrogen-bond acceptors (Lipinski definition) is 1. The average Bonchev–Trinajstić information content (AvgIpc) is 2.30. The van der Waals surface area contributed by atoms with E-state index in [1.165, 1.54) is 43.2 Å². The highest BCUT2D eigenvalue weighted by Crippen LogP contribution is 2.39. The van der Waals surface area contributed by atoms with E-state index < -0.39 is 0 Å². The smallest absolute Gasteiger partial charge is 0.00783 e. The van der Waals surface area contributed by atoms with Crippen molar-refractivity contribution in [3.63, 3.8) is 0 Å². The quantitative estimate of drug-likeness (QED) is 0.803. The Kier molecular flexibility index (Phi) is 3.11. The molecule has 0 heterocycles. The van der Waals surface area contributed by atoms with Crippen LogP contribution in [0.25, 0.3) is 0 Å². The molecule has 0 amide bonds. The van der Waals surface area contributed by atoms with Crippen LogP contribution in [-0.4, -0.2) is 6.54 Å². The van der Waals surface area contributed by atoms with Crippen LogP contribution in [0.4, 0.5) is 0 Å². The number of benzene rings is 1. The van der Waals surface area contributed by atoms with Gasteiger partial charge in [0.2, 0.25) is 0 Å². The molecule has 0 saturated carbocycles. The van der Waals surface area contributed by atoms with Crippen LogP contribution < -0.4 is 5.73 Å². The molecular formula is C14H21N. The van der Waals surface area contributed by atoms with E-state index in [2.05, 4.69) is 31.2 Å². The van der Waals surface area contributed by atoms with Gasteiger partial charge in [0.1, 0.15) is 0 Å². The number of fused-ring (bicyclic) bond motifs is 1. The third-order valence-electron chi connectivity index (χ3n) is 3.81. The van der Waals surface area contributed by atoms with Crippen LogP contribution >= 0.6 is 0 Å². The summed E-state index contributed by atoms with van der Waals surface area (Å²) in [5.41, 5.74) is 9.38. The summed E-state index contributed by atoms with van der Waals surface area (Å²) in [5, 5.41) is 0. The minimum absolute atomic E-state index is 0.281. The van der Waals surface area contributed by atoms with Crippen LogP contribution in [-0.2, 0) is 11.8 Å². The van der Waals surface area contributed by atoms with Crippen LogP contribution in [0.15, 0.2) is 24.3 Å². The third kappa shape index (κ3) is 1.81. The Hall–Kier alpha value is -0.820. The fourth-order valence-electron chi connectivity index (χ4n) is 3.06. The first-order chi connectivity index (χ1) is 7.32. The summed E-state index contributed by atoms with van der Waals surface area (Å²) in [5.74, 6) is 0. The number of nitrogens with two attached hydrogens (primary N) is 1. The van der Waals surface area contributed by atoms with Crippen molar-refractivity contribution in [2.75, 3.05) is 6.54 Å². The normalized spacial score (nSPS) is 24.9. The third-order valence-corrected chi connectivity index (χ3v) is 3.81. The molecule has 1 heteroatoms. The summed E-state index contributed by atoms with van der Waals surface area (Å²) in [6, 6.07) is 8.87. The molecule has 2 rings (SSSR count). The van der Waals surface area contributed by atoms with Crippen molar-refractivity contribution in [3.05, 3.63) is 35.4 Å². The van der Waals surface area contributed by atoms with Gasteiger partial charge in [-0.05, 0) is 36.8 Å². The van der Waals surface area contributed by atoms with E-state index >= 15 is 0 Å². The molecule has 0 bridgehead atoms. The van der Waals surface area contributed by atoms with E-state index in [1.807, 2.05) is 0 Å². The fourth-order valence-corrected chi connectivity index (χ4v) is 3.06. The van der Waals surface area contributed by atoms with Crippen molar-refractivity contribution in [3.8, 4) is 0 Å². The van der Waals surface area contributed by atoms with Crippen LogP contribution in [0.1, 0.15) is 43.7 Å². The Morgan fingerprint density at radius 3 is 2.87 bits per heavy atom. The fraction of sp³-hybridized carbons (Fsp3) is 0.571. The van der Waals surface area contributed by atoms with Crippen LogP contribution in [0.5, 0.6) is 0 Å². The van der Waals surface area contributed by atoms with E-state index in [0.29, 0.717) is 0 Å². The Balaban J connectivity index is 2.42. The van der Waals surface area contributed by atoms with Crippen molar-refractivity contribution in [1.82, 2.24) is 0 Å². The highest BCUT2D eigenvalue weighted by molar-refractivity contribution is 5.37. The molecule has 0 radical (unpaired) electrons. The van der Waals surface area contributed by atoms with Crippen molar-refractivity contribution in [1.29, 1.82) is 0 Å². The number of aryl methyl sites for hydroxylation is 1. The van der Waals surface area contributed by atoms with Gasteiger partial charge in [-0.15, -0.1) is 0 Å². The molecule has 0 fully saturated rings. The molecule has 2 N–H and O–H groups in total. The summed E-state index contributed by atoms with van der Waals surface area (Å²) in [6.07, 6.45) is 6.27. The molecular weight excluding hydrogens is 182 g/mol. The maximum atomic E-state index is 6.04. The summed E-state index contributed by atoms with van der Waals surface area (Å²) < 4.78 is 0. The van der Waals surface area contributed by atoms with Gasteiger partial charge in [-0.1, -0.05) is 37.6 Å². The monoisotopic (exact) mass is 203 g/mol. The van der Waals surface area contributed by atoms with Gasteiger partial charge in [-0.25, -0.2) is 0 Å². The molecule has 1 nitrogen and oxygen atoms in total. The van der Waals surface area contributed by atoms with Gasteiger partial charge in [-0.3, -0.25) is 0 Å². The zero-order valence-corrected chi connectivity index (χ0v) is 9.63. The average molecular weight is 203 g/mol. The Bertz CT molecular complexity index is 332. The lowest BCUT2D eigenvalue weighted by Gasteiger charge is -2.38. The molecule has 1 aromatic carbocycles. The molecule has 1 unspecified atom stereocenters. The summed E-state index contributed by atoms with van der Waals surface area (Å²) in [6.45, 7) is 3.06. The van der Waals surface area contributed by atoms with Crippen LogP contribution in [0.2, 0.25) is 0 Å². The van der Waals surface area contributed by atoms with Crippen molar-refractivity contribution in [2.45, 2.75) is 44.4 Å². The molecule has 1 aliphatic rings. The minimum atomic E-state index is 0.281. The van der Waals surface area contributed by atoms with Gasteiger partial charge in [0.25, 0.3) is 0 Å². The standard InChI is InChI=1S/C14H21N/c1-2-9-14(11-15)10-5-7-12-6-3-4-8-13(12)14/h3-4,6,8H,2,5,7,9-11,15H2,1H3. The first kappa shape index (κ1) is 10.7. The Morgan fingerprint density at radius 1 is 1.33 bits per heavy atom. The van der Waals surface area contributed by atoms with Gasteiger partial charge in [0.05, 0.1) is 0 Å². The first-order valence-corrected chi connectivity index (χ1v) is 6.11. The predicted molar refractivity (Wildman–Crippen MR) is 65.0 cm³/mol. The summed E-state index contributed by atoms with van der Waals surface area (Å²) in [7, 11) is 0.